The van der Waals surface area contributed by atoms with Crippen LogP contribution in [0.3, 0.4) is 0 Å². The van der Waals surface area contributed by atoms with Crippen molar-refractivity contribution in [3.63, 3.8) is 0 Å². The molecule has 3 rings (SSSR count). The Hall–Kier alpha value is -1.70. The summed E-state index contributed by atoms with van der Waals surface area (Å²) in [4.78, 5) is 16.5. The normalized spacial score (nSPS) is 10.6. The van der Waals surface area contributed by atoms with Gasteiger partial charge in [-0.2, -0.15) is 0 Å². The molecule has 2 aromatic carbocycles. The van der Waals surface area contributed by atoms with Crippen LogP contribution in [0.25, 0.3) is 11.3 Å². The van der Waals surface area contributed by atoms with Gasteiger partial charge in [-0.25, -0.2) is 9.37 Å². The molecule has 0 fully saturated rings. The van der Waals surface area contributed by atoms with Crippen molar-refractivity contribution >= 4 is 50.6 Å². The summed E-state index contributed by atoms with van der Waals surface area (Å²) in [5, 5.41) is 4.81. The number of thioether (sulfide) groups is 1. The van der Waals surface area contributed by atoms with Gasteiger partial charge in [0.1, 0.15) is 5.82 Å². The van der Waals surface area contributed by atoms with Crippen molar-refractivity contribution in [2.24, 2.45) is 0 Å². The van der Waals surface area contributed by atoms with Crippen molar-refractivity contribution < 1.29 is 9.18 Å². The van der Waals surface area contributed by atoms with E-state index in [-0.39, 0.29) is 11.7 Å². The molecule has 25 heavy (non-hydrogen) atoms. The highest BCUT2D eigenvalue weighted by molar-refractivity contribution is 9.10. The molecule has 1 aromatic heterocycles. The zero-order chi connectivity index (χ0) is 17.6. The molecule has 1 amide bonds. The number of anilines is 1. The molecule has 128 valence electrons. The smallest absolute Gasteiger partial charge is 0.225 e. The van der Waals surface area contributed by atoms with E-state index in [2.05, 4.69) is 26.2 Å². The fourth-order valence-corrected chi connectivity index (χ4v) is 4.17. The Kier molecular flexibility index (Phi) is 6.23. The summed E-state index contributed by atoms with van der Waals surface area (Å²) in [6.07, 6.45) is 0.409. The number of thiazole rings is 1. The van der Waals surface area contributed by atoms with Crippen LogP contribution in [0.2, 0.25) is 0 Å². The third-order valence-electron chi connectivity index (χ3n) is 3.31. The molecule has 0 spiro atoms. The van der Waals surface area contributed by atoms with Crippen molar-refractivity contribution in [3.8, 4) is 11.3 Å². The maximum Gasteiger partial charge on any atom is 0.225 e. The topological polar surface area (TPSA) is 42.0 Å². The number of hydrogen-bond acceptors (Lipinski definition) is 4. The minimum Gasteiger partial charge on any atom is -0.326 e. The number of rotatable bonds is 6. The van der Waals surface area contributed by atoms with Gasteiger partial charge in [-0.3, -0.25) is 4.79 Å². The first-order valence-corrected chi connectivity index (χ1v) is 10.2. The molecular weight excluding hydrogens is 423 g/mol. The Labute approximate surface area is 161 Å². The molecule has 3 aromatic rings. The van der Waals surface area contributed by atoms with Crippen molar-refractivity contribution in [2.45, 2.75) is 10.8 Å². The number of aromatic nitrogens is 1. The monoisotopic (exact) mass is 436 g/mol. The molecule has 0 aliphatic carbocycles. The van der Waals surface area contributed by atoms with Gasteiger partial charge in [-0.1, -0.05) is 27.7 Å². The lowest BCUT2D eigenvalue weighted by molar-refractivity contribution is -0.115. The highest BCUT2D eigenvalue weighted by Gasteiger charge is 2.07. The van der Waals surface area contributed by atoms with Crippen LogP contribution in [0.1, 0.15) is 6.42 Å². The Morgan fingerprint density at radius 2 is 1.88 bits per heavy atom. The van der Waals surface area contributed by atoms with Gasteiger partial charge in [-0.15, -0.1) is 11.3 Å². The summed E-state index contributed by atoms with van der Waals surface area (Å²) in [6.45, 7) is 0. The number of nitrogens with zero attached hydrogens (tertiary/aromatic N) is 1. The quantitative estimate of drug-likeness (QED) is 0.494. The molecule has 7 heteroatoms. The molecule has 1 N–H and O–H groups in total. The number of hydrogen-bond donors (Lipinski definition) is 1. The number of carbonyl (C=O) groups excluding carboxylic acids is 1. The number of amides is 1. The SMILES string of the molecule is O=C(CCSc1nc(-c2ccc(F)cc2)cs1)Nc1ccc(Br)cc1. The summed E-state index contributed by atoms with van der Waals surface area (Å²) in [5.74, 6) is 0.370. The van der Waals surface area contributed by atoms with Gasteiger partial charge in [-0.05, 0) is 48.5 Å². The molecule has 1 heterocycles. The molecule has 3 nitrogen and oxygen atoms in total. The molecule has 0 radical (unpaired) electrons. The molecule has 0 atom stereocenters. The molecular formula is C18H14BrFN2OS2. The average Bonchev–Trinajstić information content (AvgIpc) is 3.06. The second kappa shape index (κ2) is 8.60. The van der Waals surface area contributed by atoms with E-state index in [1.807, 2.05) is 29.6 Å². The van der Waals surface area contributed by atoms with Crippen LogP contribution in [0, 0.1) is 5.82 Å². The summed E-state index contributed by atoms with van der Waals surface area (Å²) >= 11 is 6.43. The van der Waals surface area contributed by atoms with Gasteiger partial charge in [0.15, 0.2) is 4.34 Å². The minimum absolute atomic E-state index is 0.0230. The van der Waals surface area contributed by atoms with Crippen LogP contribution in [0.15, 0.2) is 62.7 Å². The van der Waals surface area contributed by atoms with Crippen LogP contribution in [-0.4, -0.2) is 16.6 Å². The molecule has 0 aliphatic rings. The Balaban J connectivity index is 1.48. The van der Waals surface area contributed by atoms with E-state index in [9.17, 15) is 9.18 Å². The summed E-state index contributed by atoms with van der Waals surface area (Å²) in [7, 11) is 0. The standard InChI is InChI=1S/C18H14BrFN2OS2/c19-13-3-7-15(8-4-13)21-17(23)9-10-24-18-22-16(11-25-18)12-1-5-14(20)6-2-12/h1-8,11H,9-10H2,(H,21,23). The third-order valence-corrected chi connectivity index (χ3v) is 5.86. The molecule has 0 aliphatic heterocycles. The fourth-order valence-electron chi connectivity index (χ4n) is 2.06. The molecule has 0 saturated carbocycles. The minimum atomic E-state index is -0.259. The zero-order valence-corrected chi connectivity index (χ0v) is 16.3. The summed E-state index contributed by atoms with van der Waals surface area (Å²) < 4.78 is 14.8. The van der Waals surface area contributed by atoms with Crippen LogP contribution >= 0.6 is 39.0 Å². The van der Waals surface area contributed by atoms with Crippen molar-refractivity contribution in [1.29, 1.82) is 0 Å². The first-order chi connectivity index (χ1) is 12.1. The molecule has 0 saturated heterocycles. The lowest BCUT2D eigenvalue weighted by Crippen LogP contribution is -2.11. The Morgan fingerprint density at radius 1 is 1.16 bits per heavy atom. The lowest BCUT2D eigenvalue weighted by Gasteiger charge is -2.04. The van der Waals surface area contributed by atoms with Gasteiger partial charge in [0, 0.05) is 33.3 Å². The van der Waals surface area contributed by atoms with Crippen LogP contribution < -0.4 is 5.32 Å². The Bertz CT molecular complexity index is 850. The lowest BCUT2D eigenvalue weighted by atomic mass is 10.2. The van der Waals surface area contributed by atoms with Gasteiger partial charge in [0.2, 0.25) is 5.91 Å². The second-order valence-corrected chi connectivity index (χ2v) is 8.27. The van der Waals surface area contributed by atoms with E-state index in [0.29, 0.717) is 12.2 Å². The van der Waals surface area contributed by atoms with E-state index in [0.717, 1.165) is 25.8 Å². The number of halogens is 2. The van der Waals surface area contributed by atoms with Gasteiger partial charge >= 0.3 is 0 Å². The predicted molar refractivity (Wildman–Crippen MR) is 106 cm³/mol. The number of benzene rings is 2. The van der Waals surface area contributed by atoms with E-state index < -0.39 is 0 Å². The number of carbonyl (C=O) groups is 1. The Morgan fingerprint density at radius 3 is 2.60 bits per heavy atom. The molecule has 0 bridgehead atoms. The predicted octanol–water partition coefficient (Wildman–Crippen LogP) is 5.83. The molecule has 0 unspecified atom stereocenters. The van der Waals surface area contributed by atoms with E-state index in [4.69, 9.17) is 0 Å². The summed E-state index contributed by atoms with van der Waals surface area (Å²) in [6, 6.07) is 13.8. The van der Waals surface area contributed by atoms with Gasteiger partial charge in [0.25, 0.3) is 0 Å². The largest absolute Gasteiger partial charge is 0.326 e. The zero-order valence-electron chi connectivity index (χ0n) is 13.0. The average molecular weight is 437 g/mol. The first-order valence-electron chi connectivity index (χ1n) is 7.50. The fraction of sp³-hybridized carbons (Fsp3) is 0.111. The second-order valence-electron chi connectivity index (χ2n) is 5.16. The van der Waals surface area contributed by atoms with Crippen molar-refractivity contribution in [1.82, 2.24) is 4.98 Å². The third kappa shape index (κ3) is 5.39. The van der Waals surface area contributed by atoms with E-state index in [1.54, 1.807) is 23.9 Å². The number of nitrogens with one attached hydrogen (secondary N) is 1. The highest BCUT2D eigenvalue weighted by atomic mass is 79.9. The first kappa shape index (κ1) is 18.1. The van der Waals surface area contributed by atoms with Crippen LogP contribution in [0.5, 0.6) is 0 Å². The maximum absolute atomic E-state index is 13.0. The van der Waals surface area contributed by atoms with Gasteiger partial charge in [0.05, 0.1) is 5.69 Å². The highest BCUT2D eigenvalue weighted by Crippen LogP contribution is 2.28. The maximum atomic E-state index is 13.0. The summed E-state index contributed by atoms with van der Waals surface area (Å²) in [5.41, 5.74) is 2.50. The van der Waals surface area contributed by atoms with Crippen molar-refractivity contribution in [2.75, 3.05) is 11.1 Å². The van der Waals surface area contributed by atoms with Crippen LogP contribution in [0.4, 0.5) is 10.1 Å². The van der Waals surface area contributed by atoms with Gasteiger partial charge < -0.3 is 5.32 Å². The van der Waals surface area contributed by atoms with Crippen LogP contribution in [-0.2, 0) is 4.79 Å². The van der Waals surface area contributed by atoms with E-state index in [1.165, 1.54) is 23.5 Å². The van der Waals surface area contributed by atoms with Crippen molar-refractivity contribution in [3.05, 3.63) is 64.2 Å². The van der Waals surface area contributed by atoms with E-state index >= 15 is 0 Å².